The van der Waals surface area contributed by atoms with Gasteiger partial charge >= 0.3 is 5.97 Å². The molecule has 44 heavy (non-hydrogen) atoms. The molecule has 6 atom stereocenters. The molecule has 0 aromatic carbocycles. The zero-order valence-electron chi connectivity index (χ0n) is 25.6. The molecule has 0 fully saturated rings. The fourth-order valence-electron chi connectivity index (χ4n) is 3.75. The predicted molar refractivity (Wildman–Crippen MR) is 169 cm³/mol. The van der Waals surface area contributed by atoms with Crippen LogP contribution in [0.4, 0.5) is 0 Å². The third kappa shape index (κ3) is 15.6. The molecule has 0 heterocycles. The first-order valence-electron chi connectivity index (χ1n) is 14.2. The number of unbranched alkanes of at least 4 members (excludes halogenated alkanes) is 1. The number of carbonyl (C=O) groups is 7. The lowest BCUT2D eigenvalue weighted by Gasteiger charge is -2.26. The number of hydrogen-bond donors (Lipinski definition) is 10. The molecule has 252 valence electrons. The SMILES string of the molecule is CSCC[C@H](NC(=O)[C@H](C)NC(=O)[C@H](CCCCN)NC(=O)[C@@H](N)CS)C(=O)N[C@@H](CC(N)=O)C(=O)N[C@H](C(=O)O)C(C)C. The van der Waals surface area contributed by atoms with Crippen molar-refractivity contribution in [1.29, 1.82) is 0 Å². The molecule has 0 saturated heterocycles. The van der Waals surface area contributed by atoms with Crippen LogP contribution in [0.25, 0.3) is 0 Å². The van der Waals surface area contributed by atoms with Gasteiger partial charge in [0.25, 0.3) is 0 Å². The lowest BCUT2D eigenvalue weighted by molar-refractivity contribution is -0.143. The van der Waals surface area contributed by atoms with Crippen LogP contribution in [-0.4, -0.2) is 107 Å². The highest BCUT2D eigenvalue weighted by Gasteiger charge is 2.33. The van der Waals surface area contributed by atoms with Gasteiger partial charge in [0.1, 0.15) is 30.2 Å². The molecule has 6 amide bonds. The van der Waals surface area contributed by atoms with Crippen molar-refractivity contribution in [2.24, 2.45) is 23.1 Å². The number of primary amides is 1. The van der Waals surface area contributed by atoms with Crippen LogP contribution in [0.2, 0.25) is 0 Å². The maximum Gasteiger partial charge on any atom is 0.326 e. The van der Waals surface area contributed by atoms with E-state index in [0.29, 0.717) is 25.1 Å². The first-order valence-corrected chi connectivity index (χ1v) is 16.2. The average Bonchev–Trinajstić information content (AvgIpc) is 2.95. The van der Waals surface area contributed by atoms with E-state index in [1.165, 1.54) is 18.7 Å². The van der Waals surface area contributed by atoms with Gasteiger partial charge in [-0.2, -0.15) is 24.4 Å². The van der Waals surface area contributed by atoms with Crippen LogP contribution in [0.15, 0.2) is 0 Å². The summed E-state index contributed by atoms with van der Waals surface area (Å²) in [5, 5.41) is 21.7. The molecular weight excluding hydrogens is 616 g/mol. The number of amides is 6. The second kappa shape index (κ2) is 21.6. The summed E-state index contributed by atoms with van der Waals surface area (Å²) in [4.78, 5) is 87.5. The number of carbonyl (C=O) groups excluding carboxylic acids is 6. The third-order valence-electron chi connectivity index (χ3n) is 6.38. The maximum absolute atomic E-state index is 13.2. The van der Waals surface area contributed by atoms with E-state index >= 15 is 0 Å². The summed E-state index contributed by atoms with van der Waals surface area (Å²) in [6, 6.07) is -7.07. The van der Waals surface area contributed by atoms with Crippen LogP contribution in [0.1, 0.15) is 52.9 Å². The topological polar surface area (TPSA) is 278 Å². The number of hydrogen-bond acceptors (Lipinski definition) is 11. The van der Waals surface area contributed by atoms with Gasteiger partial charge in [-0.1, -0.05) is 13.8 Å². The molecule has 16 nitrogen and oxygen atoms in total. The van der Waals surface area contributed by atoms with Crippen molar-refractivity contribution >= 4 is 65.8 Å². The first-order chi connectivity index (χ1) is 20.6. The van der Waals surface area contributed by atoms with Gasteiger partial charge in [-0.3, -0.25) is 28.8 Å². The summed E-state index contributed by atoms with van der Waals surface area (Å²) in [5.41, 5.74) is 16.5. The number of rotatable bonds is 22. The number of carboxylic acid groups (broad SMARTS) is 1. The van der Waals surface area contributed by atoms with Gasteiger partial charge in [0, 0.05) is 5.75 Å². The standard InChI is InChI=1S/C26H48N8O8S2/c1-13(2)20(26(41)42)34-25(40)18(11-19(29)35)33-24(39)17(8-10-44-4)31-21(36)14(3)30-23(38)16(7-5-6-9-27)32-22(37)15(28)12-43/h13-18,20,43H,5-12,27-28H2,1-4H3,(H2,29,35)(H,30,38)(H,31,36)(H,32,37)(H,33,39)(H,34,40)(H,41,42)/t14-,15-,16-,17-,18-,20-/m0/s1. The Morgan fingerprint density at radius 2 is 1.30 bits per heavy atom. The largest absolute Gasteiger partial charge is 0.480 e. The Labute approximate surface area is 267 Å². The molecule has 0 bridgehead atoms. The Hall–Kier alpha value is -3.09. The Morgan fingerprint density at radius 3 is 1.80 bits per heavy atom. The van der Waals surface area contributed by atoms with Crippen LogP contribution >= 0.6 is 24.4 Å². The van der Waals surface area contributed by atoms with Crippen LogP contribution in [0.5, 0.6) is 0 Å². The summed E-state index contributed by atoms with van der Waals surface area (Å²) in [5.74, 6) is -5.98. The molecule has 0 aliphatic rings. The van der Waals surface area contributed by atoms with Gasteiger partial charge in [-0.25, -0.2) is 4.79 Å². The van der Waals surface area contributed by atoms with Crippen molar-refractivity contribution in [3.63, 3.8) is 0 Å². The van der Waals surface area contributed by atoms with E-state index in [1.807, 2.05) is 0 Å². The van der Waals surface area contributed by atoms with Crippen molar-refractivity contribution in [1.82, 2.24) is 26.6 Å². The van der Waals surface area contributed by atoms with Gasteiger partial charge < -0.3 is 48.9 Å². The molecule has 0 aliphatic carbocycles. The number of nitrogens with one attached hydrogen (secondary N) is 5. The van der Waals surface area contributed by atoms with E-state index < -0.39 is 90.0 Å². The fourth-order valence-corrected chi connectivity index (χ4v) is 4.39. The zero-order valence-corrected chi connectivity index (χ0v) is 27.3. The van der Waals surface area contributed by atoms with Crippen LogP contribution < -0.4 is 43.8 Å². The van der Waals surface area contributed by atoms with Gasteiger partial charge in [0.15, 0.2) is 0 Å². The van der Waals surface area contributed by atoms with Gasteiger partial charge in [-0.15, -0.1) is 0 Å². The number of carboxylic acids is 1. The number of thioether (sulfide) groups is 1. The number of nitrogens with two attached hydrogens (primary N) is 3. The Morgan fingerprint density at radius 1 is 0.773 bits per heavy atom. The Balaban J connectivity index is 5.69. The molecule has 12 N–H and O–H groups in total. The van der Waals surface area contributed by atoms with Crippen molar-refractivity contribution in [2.75, 3.05) is 24.3 Å². The zero-order chi connectivity index (χ0) is 34.0. The van der Waals surface area contributed by atoms with Crippen molar-refractivity contribution in [3.05, 3.63) is 0 Å². The third-order valence-corrected chi connectivity index (χ3v) is 7.42. The minimum absolute atomic E-state index is 0.0567. The monoisotopic (exact) mass is 664 g/mol. The Bertz CT molecular complexity index is 1000. The van der Waals surface area contributed by atoms with Crippen molar-refractivity contribution in [2.45, 2.75) is 89.1 Å². The second-order valence-electron chi connectivity index (χ2n) is 10.5. The fraction of sp³-hybridized carbons (Fsp3) is 0.731. The average molecular weight is 665 g/mol. The quantitative estimate of drug-likeness (QED) is 0.0416. The highest BCUT2D eigenvalue weighted by atomic mass is 32.2. The van der Waals surface area contributed by atoms with E-state index in [-0.39, 0.29) is 18.6 Å². The molecule has 0 aliphatic heterocycles. The number of aliphatic carboxylic acids is 1. The Kier molecular flexibility index (Phi) is 20.1. The molecule has 18 heteroatoms. The molecule has 0 rings (SSSR count). The minimum Gasteiger partial charge on any atom is -0.480 e. The second-order valence-corrected chi connectivity index (χ2v) is 11.9. The van der Waals surface area contributed by atoms with Crippen LogP contribution in [0, 0.1) is 5.92 Å². The summed E-state index contributed by atoms with van der Waals surface area (Å²) in [6.45, 7) is 4.91. The van der Waals surface area contributed by atoms with Gasteiger partial charge in [0.05, 0.1) is 12.5 Å². The summed E-state index contributed by atoms with van der Waals surface area (Å²) >= 11 is 5.37. The molecule has 0 unspecified atom stereocenters. The van der Waals surface area contributed by atoms with E-state index in [9.17, 15) is 38.7 Å². The summed E-state index contributed by atoms with van der Waals surface area (Å²) < 4.78 is 0. The van der Waals surface area contributed by atoms with E-state index in [4.69, 9.17) is 17.2 Å². The van der Waals surface area contributed by atoms with Crippen LogP contribution in [0.3, 0.4) is 0 Å². The lowest BCUT2D eigenvalue weighted by Crippen LogP contribution is -2.59. The van der Waals surface area contributed by atoms with Crippen molar-refractivity contribution in [3.8, 4) is 0 Å². The molecule has 0 spiro atoms. The van der Waals surface area contributed by atoms with Gasteiger partial charge in [-0.05, 0) is 57.1 Å². The normalized spacial score (nSPS) is 15.1. The molecule has 0 saturated carbocycles. The van der Waals surface area contributed by atoms with E-state index in [1.54, 1.807) is 20.1 Å². The highest BCUT2D eigenvalue weighted by molar-refractivity contribution is 7.98. The molecule has 0 aromatic heterocycles. The predicted octanol–water partition coefficient (Wildman–Crippen LogP) is -2.81. The van der Waals surface area contributed by atoms with E-state index in [0.717, 1.165) is 0 Å². The lowest BCUT2D eigenvalue weighted by atomic mass is 10.0. The molecule has 0 radical (unpaired) electrons. The highest BCUT2D eigenvalue weighted by Crippen LogP contribution is 2.07. The van der Waals surface area contributed by atoms with E-state index in [2.05, 4.69) is 39.2 Å². The first kappa shape index (κ1) is 40.9. The summed E-state index contributed by atoms with van der Waals surface area (Å²) in [7, 11) is 0. The minimum atomic E-state index is -1.51. The van der Waals surface area contributed by atoms with Crippen LogP contribution in [-0.2, 0) is 33.6 Å². The molecule has 0 aromatic rings. The van der Waals surface area contributed by atoms with Gasteiger partial charge in [0.2, 0.25) is 35.4 Å². The smallest absolute Gasteiger partial charge is 0.326 e. The number of thiol groups is 1. The maximum atomic E-state index is 13.2. The summed E-state index contributed by atoms with van der Waals surface area (Å²) in [6.07, 6.45) is 2.64. The molecular formula is C26H48N8O8S2. The van der Waals surface area contributed by atoms with Crippen molar-refractivity contribution < 1.29 is 38.7 Å².